The minimum Gasteiger partial charge on any atom is -0.508 e. The van der Waals surface area contributed by atoms with E-state index in [4.69, 9.17) is 0 Å². The maximum Gasteiger partial charge on any atom is 0.197 e. The van der Waals surface area contributed by atoms with Crippen LogP contribution in [-0.4, -0.2) is 21.8 Å². The molecule has 0 aromatic heterocycles. The fourth-order valence-corrected chi connectivity index (χ4v) is 4.31. The molecule has 4 nitrogen and oxygen atoms in total. The highest BCUT2D eigenvalue weighted by atomic mass is 16.3. The standard InChI is InChI=1S/C31H36O4/c1-4-6-8-10-22-12-16-24(17-13-22)29(33)26-20-27(32)21(3)28(31(26)35)30(34)25-18-14-23(15-19-25)11-9-7-5-2/h12-20,32,35H,4-11H2,1-3H3. The van der Waals surface area contributed by atoms with E-state index in [2.05, 4.69) is 13.8 Å². The van der Waals surface area contributed by atoms with Crippen molar-refractivity contribution in [2.24, 2.45) is 0 Å². The van der Waals surface area contributed by atoms with Gasteiger partial charge >= 0.3 is 0 Å². The molecule has 0 spiro atoms. The molecule has 3 rings (SSSR count). The number of phenols is 2. The maximum atomic E-state index is 13.3. The van der Waals surface area contributed by atoms with Crippen LogP contribution in [-0.2, 0) is 12.8 Å². The number of rotatable bonds is 12. The van der Waals surface area contributed by atoms with Crippen LogP contribution in [0.2, 0.25) is 0 Å². The van der Waals surface area contributed by atoms with Gasteiger partial charge in [0.2, 0.25) is 0 Å². The molecule has 0 heterocycles. The number of carbonyl (C=O) groups excluding carboxylic acids is 2. The molecule has 0 atom stereocenters. The third kappa shape index (κ3) is 6.39. The van der Waals surface area contributed by atoms with Gasteiger partial charge in [0.15, 0.2) is 11.6 Å². The number of aryl methyl sites for hydroxylation is 2. The fraction of sp³-hybridized carbons (Fsp3) is 0.355. The van der Waals surface area contributed by atoms with Crippen LogP contribution in [0.4, 0.5) is 0 Å². The summed E-state index contributed by atoms with van der Waals surface area (Å²) in [5.41, 5.74) is 3.25. The molecule has 4 heteroatoms. The molecule has 0 fully saturated rings. The third-order valence-corrected chi connectivity index (χ3v) is 6.57. The molecule has 3 aromatic rings. The Balaban J connectivity index is 1.87. The highest BCUT2D eigenvalue weighted by molar-refractivity contribution is 6.17. The zero-order valence-corrected chi connectivity index (χ0v) is 21.1. The Labute approximate surface area is 208 Å². The number of phenolic OH excluding ortho intramolecular Hbond substituents is 2. The van der Waals surface area contributed by atoms with E-state index < -0.39 is 17.3 Å². The summed E-state index contributed by atoms with van der Waals surface area (Å²) in [4.78, 5) is 26.5. The number of aromatic hydroxyl groups is 2. The van der Waals surface area contributed by atoms with E-state index >= 15 is 0 Å². The van der Waals surface area contributed by atoms with Crippen molar-refractivity contribution in [1.82, 2.24) is 0 Å². The largest absolute Gasteiger partial charge is 0.508 e. The van der Waals surface area contributed by atoms with Gasteiger partial charge in [-0.1, -0.05) is 88.1 Å². The van der Waals surface area contributed by atoms with Gasteiger partial charge in [-0.05, 0) is 49.8 Å². The van der Waals surface area contributed by atoms with Crippen molar-refractivity contribution in [2.75, 3.05) is 0 Å². The molecule has 0 unspecified atom stereocenters. The lowest BCUT2D eigenvalue weighted by Gasteiger charge is -2.14. The summed E-state index contributed by atoms with van der Waals surface area (Å²) in [7, 11) is 0. The van der Waals surface area contributed by atoms with E-state index in [1.807, 2.05) is 24.3 Å². The van der Waals surface area contributed by atoms with Gasteiger partial charge in [-0.3, -0.25) is 9.59 Å². The molecule has 0 amide bonds. The van der Waals surface area contributed by atoms with Gasteiger partial charge in [-0.15, -0.1) is 0 Å². The summed E-state index contributed by atoms with van der Waals surface area (Å²) in [6.07, 6.45) is 8.73. The van der Waals surface area contributed by atoms with Crippen molar-refractivity contribution in [1.29, 1.82) is 0 Å². The quantitative estimate of drug-likeness (QED) is 0.164. The normalized spacial score (nSPS) is 10.9. The van der Waals surface area contributed by atoms with Gasteiger partial charge in [-0.2, -0.15) is 0 Å². The molecule has 0 saturated heterocycles. The monoisotopic (exact) mass is 472 g/mol. The van der Waals surface area contributed by atoms with Crippen LogP contribution in [0.15, 0.2) is 54.6 Å². The van der Waals surface area contributed by atoms with Gasteiger partial charge in [-0.25, -0.2) is 0 Å². The Morgan fingerprint density at radius 3 is 1.60 bits per heavy atom. The van der Waals surface area contributed by atoms with Crippen molar-refractivity contribution in [2.45, 2.75) is 72.1 Å². The summed E-state index contributed by atoms with van der Waals surface area (Å²) in [6.45, 7) is 5.89. The average Bonchev–Trinajstić information content (AvgIpc) is 2.87. The smallest absolute Gasteiger partial charge is 0.197 e. The minimum absolute atomic E-state index is 0.0386. The summed E-state index contributed by atoms with van der Waals surface area (Å²) < 4.78 is 0. The number of benzene rings is 3. The molecule has 0 aliphatic rings. The van der Waals surface area contributed by atoms with E-state index in [9.17, 15) is 19.8 Å². The first-order valence-electron chi connectivity index (χ1n) is 12.7. The van der Waals surface area contributed by atoms with Crippen molar-refractivity contribution in [3.63, 3.8) is 0 Å². The topological polar surface area (TPSA) is 74.6 Å². The molecule has 0 radical (unpaired) electrons. The van der Waals surface area contributed by atoms with E-state index in [1.165, 1.54) is 6.07 Å². The van der Waals surface area contributed by atoms with Crippen molar-refractivity contribution in [3.8, 4) is 11.5 Å². The molecule has 3 aromatic carbocycles. The number of hydrogen-bond donors (Lipinski definition) is 2. The second-order valence-electron chi connectivity index (χ2n) is 9.26. The number of carbonyl (C=O) groups is 2. The van der Waals surface area contributed by atoms with Gasteiger partial charge in [0.1, 0.15) is 11.5 Å². The summed E-state index contributed by atoms with van der Waals surface area (Å²) in [5, 5.41) is 21.5. The molecule has 0 saturated carbocycles. The average molecular weight is 473 g/mol. The molecule has 2 N–H and O–H groups in total. The maximum absolute atomic E-state index is 13.3. The van der Waals surface area contributed by atoms with Crippen LogP contribution in [0.1, 0.15) is 101 Å². The van der Waals surface area contributed by atoms with Crippen LogP contribution < -0.4 is 0 Å². The van der Waals surface area contributed by atoms with Crippen LogP contribution >= 0.6 is 0 Å². The van der Waals surface area contributed by atoms with Crippen LogP contribution in [0, 0.1) is 6.92 Å². The first kappa shape index (κ1) is 26.2. The van der Waals surface area contributed by atoms with E-state index in [1.54, 1.807) is 31.2 Å². The lowest BCUT2D eigenvalue weighted by molar-refractivity contribution is 0.103. The zero-order chi connectivity index (χ0) is 25.4. The summed E-state index contributed by atoms with van der Waals surface area (Å²) >= 11 is 0. The van der Waals surface area contributed by atoms with Crippen LogP contribution in [0.5, 0.6) is 11.5 Å². The molecule has 0 aliphatic heterocycles. The predicted molar refractivity (Wildman–Crippen MR) is 141 cm³/mol. The van der Waals surface area contributed by atoms with E-state index in [-0.39, 0.29) is 22.4 Å². The van der Waals surface area contributed by atoms with Crippen LogP contribution in [0.3, 0.4) is 0 Å². The molecule has 184 valence electrons. The molecule has 35 heavy (non-hydrogen) atoms. The Kier molecular flexibility index (Phi) is 9.25. The van der Waals surface area contributed by atoms with Crippen molar-refractivity contribution >= 4 is 11.6 Å². The molecule has 0 aliphatic carbocycles. The molecular formula is C31H36O4. The first-order valence-corrected chi connectivity index (χ1v) is 12.7. The van der Waals surface area contributed by atoms with Gasteiger partial charge in [0.05, 0.1) is 11.1 Å². The van der Waals surface area contributed by atoms with E-state index in [0.29, 0.717) is 11.1 Å². The predicted octanol–water partition coefficient (Wildman–Crippen LogP) is 7.33. The summed E-state index contributed by atoms with van der Waals surface area (Å²) in [5.74, 6) is -1.44. The Bertz CT molecular complexity index is 1160. The van der Waals surface area contributed by atoms with Crippen LogP contribution in [0.25, 0.3) is 0 Å². The second-order valence-corrected chi connectivity index (χ2v) is 9.26. The Morgan fingerprint density at radius 2 is 1.14 bits per heavy atom. The molecule has 0 bridgehead atoms. The minimum atomic E-state index is -0.432. The number of ketones is 2. The van der Waals surface area contributed by atoms with E-state index in [0.717, 1.165) is 62.5 Å². The Morgan fingerprint density at radius 1 is 0.686 bits per heavy atom. The van der Waals surface area contributed by atoms with Gasteiger partial charge in [0.25, 0.3) is 0 Å². The summed E-state index contributed by atoms with van der Waals surface area (Å²) in [6, 6.07) is 15.9. The Hall–Kier alpha value is -3.40. The number of unbranched alkanes of at least 4 members (excludes halogenated alkanes) is 4. The lowest BCUT2D eigenvalue weighted by Crippen LogP contribution is -2.09. The van der Waals surface area contributed by atoms with Crippen molar-refractivity contribution < 1.29 is 19.8 Å². The van der Waals surface area contributed by atoms with Gasteiger partial charge < -0.3 is 10.2 Å². The highest BCUT2D eigenvalue weighted by Gasteiger charge is 2.25. The second kappa shape index (κ2) is 12.3. The third-order valence-electron chi connectivity index (χ3n) is 6.57. The van der Waals surface area contributed by atoms with Gasteiger partial charge in [0, 0.05) is 16.7 Å². The van der Waals surface area contributed by atoms with Crippen molar-refractivity contribution in [3.05, 3.63) is 93.5 Å². The fourth-order valence-electron chi connectivity index (χ4n) is 4.31. The first-order chi connectivity index (χ1) is 16.9. The zero-order valence-electron chi connectivity index (χ0n) is 21.1. The SMILES string of the molecule is CCCCCc1ccc(C(=O)c2cc(O)c(C)c(C(=O)c3ccc(CCCCC)cc3)c2O)cc1. The highest BCUT2D eigenvalue weighted by Crippen LogP contribution is 2.35. The number of hydrogen-bond acceptors (Lipinski definition) is 4. The molecular weight excluding hydrogens is 436 g/mol. The lowest BCUT2D eigenvalue weighted by atomic mass is 9.91.